The van der Waals surface area contributed by atoms with Crippen LogP contribution in [0.4, 0.5) is 4.79 Å². The molecule has 0 spiro atoms. The van der Waals surface area contributed by atoms with Crippen LogP contribution < -0.4 is 5.32 Å². The first-order valence-corrected chi connectivity index (χ1v) is 4.74. The van der Waals surface area contributed by atoms with Crippen molar-refractivity contribution in [2.24, 2.45) is 0 Å². The summed E-state index contributed by atoms with van der Waals surface area (Å²) < 4.78 is 5.01. The van der Waals surface area contributed by atoms with Gasteiger partial charge in [-0.1, -0.05) is 0 Å². The number of hydrogen-bond acceptors (Lipinski definition) is 3. The second-order valence-electron chi connectivity index (χ2n) is 3.77. The number of nitrogens with zero attached hydrogens (tertiary/aromatic N) is 1. The van der Waals surface area contributed by atoms with Gasteiger partial charge in [-0.2, -0.15) is 0 Å². The van der Waals surface area contributed by atoms with E-state index < -0.39 is 0 Å². The van der Waals surface area contributed by atoms with Gasteiger partial charge in [-0.15, -0.1) is 0 Å². The molecular weight excluding hydrogens is 168 g/mol. The van der Waals surface area contributed by atoms with Gasteiger partial charge < -0.3 is 15.0 Å². The maximum atomic E-state index is 10.7. The number of carbonyl (C=O) groups is 1. The minimum Gasteiger partial charge on any atom is -0.444 e. The molecule has 1 unspecified atom stereocenters. The average molecular weight is 186 g/mol. The lowest BCUT2D eigenvalue weighted by atomic mass is 10.2. The smallest absolute Gasteiger partial charge is 0.407 e. The summed E-state index contributed by atoms with van der Waals surface area (Å²) in [6, 6.07) is 0.546. The minimum absolute atomic E-state index is 0.0636. The van der Waals surface area contributed by atoms with Crippen LogP contribution in [0.15, 0.2) is 0 Å². The molecular formula is C9H18N2O2. The summed E-state index contributed by atoms with van der Waals surface area (Å²) in [7, 11) is 2.08. The number of carbonyl (C=O) groups excluding carboxylic acids is 1. The van der Waals surface area contributed by atoms with Gasteiger partial charge in [0.15, 0.2) is 0 Å². The lowest BCUT2D eigenvalue weighted by molar-refractivity contribution is 0.125. The van der Waals surface area contributed by atoms with E-state index in [4.69, 9.17) is 4.74 Å². The number of hydrogen-bond donors (Lipinski definition) is 1. The molecule has 1 atom stereocenters. The van der Waals surface area contributed by atoms with Crippen molar-refractivity contribution in [3.8, 4) is 0 Å². The van der Waals surface area contributed by atoms with E-state index in [1.165, 1.54) is 0 Å². The Morgan fingerprint density at radius 2 is 2.38 bits per heavy atom. The van der Waals surface area contributed by atoms with Gasteiger partial charge >= 0.3 is 6.09 Å². The van der Waals surface area contributed by atoms with E-state index in [1.807, 2.05) is 0 Å². The van der Waals surface area contributed by atoms with E-state index in [-0.39, 0.29) is 12.2 Å². The van der Waals surface area contributed by atoms with Crippen LogP contribution >= 0.6 is 0 Å². The van der Waals surface area contributed by atoms with E-state index in [1.54, 1.807) is 0 Å². The number of amides is 1. The van der Waals surface area contributed by atoms with Crippen LogP contribution in [0.1, 0.15) is 20.3 Å². The molecule has 4 heteroatoms. The van der Waals surface area contributed by atoms with Crippen LogP contribution in [0.5, 0.6) is 0 Å². The van der Waals surface area contributed by atoms with Crippen molar-refractivity contribution in [2.45, 2.75) is 32.4 Å². The Balaban J connectivity index is 2.16. The van der Waals surface area contributed by atoms with Crippen molar-refractivity contribution >= 4 is 6.09 Å². The van der Waals surface area contributed by atoms with Gasteiger partial charge in [0.25, 0.3) is 0 Å². The van der Waals surface area contributed by atoms with Crippen molar-refractivity contribution in [3.63, 3.8) is 0 Å². The van der Waals surface area contributed by atoms with E-state index in [9.17, 15) is 4.79 Å². The largest absolute Gasteiger partial charge is 0.444 e. The zero-order valence-corrected chi connectivity index (χ0v) is 8.54. The summed E-state index contributed by atoms with van der Waals surface area (Å²) >= 11 is 0. The lowest BCUT2D eigenvalue weighted by Crippen LogP contribution is -2.30. The number of nitrogens with one attached hydrogen (secondary N) is 1. The number of rotatable bonds is 4. The van der Waals surface area contributed by atoms with Gasteiger partial charge in [-0.05, 0) is 27.3 Å². The Hall–Kier alpha value is -0.770. The van der Waals surface area contributed by atoms with Gasteiger partial charge in [-0.25, -0.2) is 4.79 Å². The molecule has 0 radical (unpaired) electrons. The molecule has 1 heterocycles. The second kappa shape index (κ2) is 4.46. The van der Waals surface area contributed by atoms with Crippen molar-refractivity contribution in [2.75, 3.05) is 20.1 Å². The molecule has 1 rings (SSSR count). The Morgan fingerprint density at radius 1 is 1.69 bits per heavy atom. The third kappa shape index (κ3) is 3.22. The standard InChI is InChI=1S/C9H18N2O2/c1-7(2)11(3)5-4-8-6-10-9(12)13-8/h7-8H,4-6H2,1-3H3,(H,10,12). The highest BCUT2D eigenvalue weighted by atomic mass is 16.6. The summed E-state index contributed by atoms with van der Waals surface area (Å²) in [5, 5.41) is 2.64. The number of cyclic esters (lactones) is 1. The molecule has 0 saturated carbocycles. The molecule has 0 aliphatic carbocycles. The molecule has 0 aromatic heterocycles. The highest BCUT2D eigenvalue weighted by Crippen LogP contribution is 2.06. The Morgan fingerprint density at radius 3 is 2.85 bits per heavy atom. The fraction of sp³-hybridized carbons (Fsp3) is 0.889. The fourth-order valence-electron chi connectivity index (χ4n) is 1.20. The molecule has 13 heavy (non-hydrogen) atoms. The highest BCUT2D eigenvalue weighted by Gasteiger charge is 2.22. The van der Waals surface area contributed by atoms with Crippen LogP contribution in [-0.2, 0) is 4.74 Å². The van der Waals surface area contributed by atoms with Gasteiger partial charge in [0.1, 0.15) is 6.10 Å². The number of alkyl carbamates (subject to hydrolysis) is 1. The predicted octanol–water partition coefficient (Wildman–Crippen LogP) is 0.825. The molecule has 4 nitrogen and oxygen atoms in total. The van der Waals surface area contributed by atoms with Crippen molar-refractivity contribution in [1.82, 2.24) is 10.2 Å². The van der Waals surface area contributed by atoms with E-state index in [2.05, 4.69) is 31.1 Å². The molecule has 0 bridgehead atoms. The van der Waals surface area contributed by atoms with Crippen LogP contribution in [0.25, 0.3) is 0 Å². The predicted molar refractivity (Wildman–Crippen MR) is 50.7 cm³/mol. The molecule has 0 aromatic rings. The van der Waals surface area contributed by atoms with E-state index in [0.29, 0.717) is 12.6 Å². The Bertz CT molecular complexity index is 182. The quantitative estimate of drug-likeness (QED) is 0.707. The van der Waals surface area contributed by atoms with Gasteiger partial charge in [0.2, 0.25) is 0 Å². The first-order chi connectivity index (χ1) is 6.09. The molecule has 1 N–H and O–H groups in total. The molecule has 76 valence electrons. The van der Waals surface area contributed by atoms with Crippen LogP contribution in [-0.4, -0.2) is 43.3 Å². The average Bonchev–Trinajstić information content (AvgIpc) is 2.47. The maximum Gasteiger partial charge on any atom is 0.407 e. The fourth-order valence-corrected chi connectivity index (χ4v) is 1.20. The van der Waals surface area contributed by atoms with Crippen LogP contribution in [0.3, 0.4) is 0 Å². The molecule has 0 aromatic carbocycles. The van der Waals surface area contributed by atoms with Crippen LogP contribution in [0.2, 0.25) is 0 Å². The molecule has 1 fully saturated rings. The van der Waals surface area contributed by atoms with Crippen molar-refractivity contribution < 1.29 is 9.53 Å². The zero-order chi connectivity index (χ0) is 9.84. The summed E-state index contributed by atoms with van der Waals surface area (Å²) in [4.78, 5) is 12.9. The maximum absolute atomic E-state index is 10.7. The normalized spacial score (nSPS) is 22.2. The molecule has 1 aliphatic rings. The van der Waals surface area contributed by atoms with Crippen molar-refractivity contribution in [1.29, 1.82) is 0 Å². The van der Waals surface area contributed by atoms with Gasteiger partial charge in [0.05, 0.1) is 6.54 Å². The Labute approximate surface area is 79.2 Å². The van der Waals surface area contributed by atoms with E-state index >= 15 is 0 Å². The topological polar surface area (TPSA) is 41.6 Å². The molecule has 1 aliphatic heterocycles. The van der Waals surface area contributed by atoms with Gasteiger partial charge in [-0.3, -0.25) is 0 Å². The van der Waals surface area contributed by atoms with Crippen molar-refractivity contribution in [3.05, 3.63) is 0 Å². The minimum atomic E-state index is -0.280. The third-order valence-corrected chi connectivity index (χ3v) is 2.43. The summed E-state index contributed by atoms with van der Waals surface area (Å²) in [6.07, 6.45) is 0.693. The van der Waals surface area contributed by atoms with E-state index in [0.717, 1.165) is 13.0 Å². The third-order valence-electron chi connectivity index (χ3n) is 2.43. The summed E-state index contributed by atoms with van der Waals surface area (Å²) in [5.41, 5.74) is 0. The lowest BCUT2D eigenvalue weighted by Gasteiger charge is -2.21. The van der Waals surface area contributed by atoms with Crippen LogP contribution in [0, 0.1) is 0 Å². The SMILES string of the molecule is CC(C)N(C)CCC1CNC(=O)O1. The highest BCUT2D eigenvalue weighted by molar-refractivity contribution is 5.69. The second-order valence-corrected chi connectivity index (χ2v) is 3.77. The zero-order valence-electron chi connectivity index (χ0n) is 8.54. The number of ether oxygens (including phenoxy) is 1. The first kappa shape index (κ1) is 10.3. The first-order valence-electron chi connectivity index (χ1n) is 4.74. The van der Waals surface area contributed by atoms with Gasteiger partial charge in [0, 0.05) is 12.6 Å². The Kier molecular flexibility index (Phi) is 3.54. The summed E-state index contributed by atoms with van der Waals surface area (Å²) in [5.74, 6) is 0. The molecule has 1 amide bonds. The monoisotopic (exact) mass is 186 g/mol. The molecule has 1 saturated heterocycles. The summed E-state index contributed by atoms with van der Waals surface area (Å²) in [6.45, 7) is 5.93.